The van der Waals surface area contributed by atoms with Gasteiger partial charge in [0.05, 0.1) is 0 Å². The van der Waals surface area contributed by atoms with Crippen molar-refractivity contribution in [2.45, 2.75) is 0 Å². The fourth-order valence-electron chi connectivity index (χ4n) is 3.96. The molecule has 5 rings (SSSR count). The van der Waals surface area contributed by atoms with Crippen molar-refractivity contribution in [3.63, 3.8) is 0 Å². The number of benzene rings is 3. The maximum absolute atomic E-state index is 4.67. The first-order valence-corrected chi connectivity index (χ1v) is 10.7. The van der Waals surface area contributed by atoms with Crippen LogP contribution >= 0.6 is 15.9 Å². The van der Waals surface area contributed by atoms with Crippen LogP contribution in [0.1, 0.15) is 0 Å². The molecule has 0 spiro atoms. The quantitative estimate of drug-likeness (QED) is 0.424. The maximum atomic E-state index is 4.67. The summed E-state index contributed by atoms with van der Waals surface area (Å²) in [7, 11) is 0. The molecule has 0 aliphatic carbocycles. The number of hydrogen-bond donors (Lipinski definition) is 0. The van der Waals surface area contributed by atoms with E-state index in [1.54, 1.807) is 0 Å². The van der Waals surface area contributed by atoms with Gasteiger partial charge in [-0.1, -0.05) is 70.5 Å². The second kappa shape index (κ2) is 7.84. The molecular formula is C24H21BrN4. The molecule has 3 aromatic carbocycles. The van der Waals surface area contributed by atoms with Gasteiger partial charge < -0.3 is 9.80 Å². The van der Waals surface area contributed by atoms with Gasteiger partial charge in [-0.3, -0.25) is 0 Å². The molecule has 0 amide bonds. The molecule has 1 aliphatic rings. The summed E-state index contributed by atoms with van der Waals surface area (Å²) in [6.07, 6.45) is 0. The molecule has 0 N–H and O–H groups in total. The Labute approximate surface area is 178 Å². The number of anilines is 2. The lowest BCUT2D eigenvalue weighted by molar-refractivity contribution is 0.646. The van der Waals surface area contributed by atoms with Crippen LogP contribution in [0.15, 0.2) is 83.3 Å². The van der Waals surface area contributed by atoms with Gasteiger partial charge in [0, 0.05) is 52.7 Å². The van der Waals surface area contributed by atoms with Gasteiger partial charge in [0.2, 0.25) is 0 Å². The number of fused-ring (bicyclic) bond motifs is 1. The smallest absolute Gasteiger partial charge is 0.159 e. The van der Waals surface area contributed by atoms with Crippen LogP contribution in [-0.2, 0) is 0 Å². The van der Waals surface area contributed by atoms with Crippen LogP contribution in [0.3, 0.4) is 0 Å². The van der Waals surface area contributed by atoms with Crippen LogP contribution in [0.25, 0.3) is 22.0 Å². The number of hydrogen-bond acceptors (Lipinski definition) is 4. The second-order valence-corrected chi connectivity index (χ2v) is 8.15. The third kappa shape index (κ3) is 3.58. The lowest BCUT2D eigenvalue weighted by atomic mass is 10.0. The molecular weight excluding hydrogens is 424 g/mol. The summed E-state index contributed by atoms with van der Waals surface area (Å²) in [5, 5.41) is 11.6. The van der Waals surface area contributed by atoms with Gasteiger partial charge >= 0.3 is 0 Å². The summed E-state index contributed by atoms with van der Waals surface area (Å²) < 4.78 is 1.06. The average Bonchev–Trinajstić information content (AvgIpc) is 2.80. The van der Waals surface area contributed by atoms with Crippen molar-refractivity contribution in [2.75, 3.05) is 36.0 Å². The zero-order valence-corrected chi connectivity index (χ0v) is 17.6. The zero-order chi connectivity index (χ0) is 19.6. The monoisotopic (exact) mass is 444 g/mol. The Kier molecular flexibility index (Phi) is 4.90. The molecule has 1 fully saturated rings. The third-order valence-corrected chi connectivity index (χ3v) is 6.01. The summed E-state index contributed by atoms with van der Waals surface area (Å²) in [6, 6.07) is 27.3. The molecule has 0 radical (unpaired) electrons. The average molecular weight is 445 g/mol. The van der Waals surface area contributed by atoms with Gasteiger partial charge in [0.25, 0.3) is 0 Å². The Morgan fingerprint density at radius 3 is 1.97 bits per heavy atom. The van der Waals surface area contributed by atoms with E-state index < -0.39 is 0 Å². The van der Waals surface area contributed by atoms with E-state index in [0.717, 1.165) is 58.5 Å². The fraction of sp³-hybridized carbons (Fsp3) is 0.167. The number of piperazine rings is 1. The highest BCUT2D eigenvalue weighted by molar-refractivity contribution is 9.10. The van der Waals surface area contributed by atoms with Gasteiger partial charge in [-0.25, -0.2) is 0 Å². The summed E-state index contributed by atoms with van der Waals surface area (Å²) in [5.41, 5.74) is 3.30. The van der Waals surface area contributed by atoms with Crippen LogP contribution in [0, 0.1) is 0 Å². The summed E-state index contributed by atoms with van der Waals surface area (Å²) in [6.45, 7) is 3.83. The Morgan fingerprint density at radius 2 is 1.24 bits per heavy atom. The van der Waals surface area contributed by atoms with Gasteiger partial charge in [-0.15, -0.1) is 10.2 Å². The Balaban J connectivity index is 1.46. The normalized spacial score (nSPS) is 14.4. The van der Waals surface area contributed by atoms with E-state index in [2.05, 4.69) is 103 Å². The van der Waals surface area contributed by atoms with Gasteiger partial charge in [0.15, 0.2) is 5.82 Å². The SMILES string of the molecule is Brc1ccc(-c2nnc(N3CCN(c4ccccc4)CC3)c3ccccc23)cc1. The Bertz CT molecular complexity index is 1120. The lowest BCUT2D eigenvalue weighted by Gasteiger charge is -2.37. The predicted octanol–water partition coefficient (Wildman–Crippen LogP) is 5.39. The van der Waals surface area contributed by atoms with E-state index in [4.69, 9.17) is 0 Å². The molecule has 0 unspecified atom stereocenters. The van der Waals surface area contributed by atoms with Gasteiger partial charge in [0.1, 0.15) is 5.69 Å². The van der Waals surface area contributed by atoms with Crippen molar-refractivity contribution >= 4 is 38.2 Å². The molecule has 1 aliphatic heterocycles. The molecule has 5 heteroatoms. The minimum Gasteiger partial charge on any atom is -0.368 e. The van der Waals surface area contributed by atoms with E-state index >= 15 is 0 Å². The number of nitrogens with zero attached hydrogens (tertiary/aromatic N) is 4. The van der Waals surface area contributed by atoms with Crippen molar-refractivity contribution < 1.29 is 0 Å². The summed E-state index contributed by atoms with van der Waals surface area (Å²) in [4.78, 5) is 4.79. The number of para-hydroxylation sites is 1. The largest absolute Gasteiger partial charge is 0.368 e. The molecule has 4 aromatic rings. The van der Waals surface area contributed by atoms with Crippen LogP contribution in [-0.4, -0.2) is 36.4 Å². The first-order chi connectivity index (χ1) is 14.3. The number of rotatable bonds is 3. The number of aromatic nitrogens is 2. The minimum absolute atomic E-state index is 0.930. The standard InChI is InChI=1S/C24H21BrN4/c25-19-12-10-18(11-13-19)23-21-8-4-5-9-22(21)24(27-26-23)29-16-14-28(15-17-29)20-6-2-1-3-7-20/h1-13H,14-17H2. The van der Waals surface area contributed by atoms with Crippen molar-refractivity contribution in [3.8, 4) is 11.3 Å². The zero-order valence-electron chi connectivity index (χ0n) is 16.0. The molecule has 0 atom stereocenters. The highest BCUT2D eigenvalue weighted by Gasteiger charge is 2.21. The molecule has 2 heterocycles. The van der Waals surface area contributed by atoms with Crippen molar-refractivity contribution in [2.24, 2.45) is 0 Å². The van der Waals surface area contributed by atoms with E-state index in [1.165, 1.54) is 5.69 Å². The van der Waals surface area contributed by atoms with E-state index in [1.807, 2.05) is 12.1 Å². The second-order valence-electron chi connectivity index (χ2n) is 7.23. The highest BCUT2D eigenvalue weighted by Crippen LogP contribution is 2.32. The summed E-state index contributed by atoms with van der Waals surface area (Å²) >= 11 is 3.51. The van der Waals surface area contributed by atoms with Crippen LogP contribution in [0.4, 0.5) is 11.5 Å². The van der Waals surface area contributed by atoms with E-state index in [9.17, 15) is 0 Å². The predicted molar refractivity (Wildman–Crippen MR) is 124 cm³/mol. The third-order valence-electron chi connectivity index (χ3n) is 5.49. The fourth-order valence-corrected chi connectivity index (χ4v) is 4.22. The first kappa shape index (κ1) is 18.1. The first-order valence-electron chi connectivity index (χ1n) is 9.86. The van der Waals surface area contributed by atoms with Gasteiger partial charge in [-0.05, 0) is 24.3 Å². The van der Waals surface area contributed by atoms with Crippen LogP contribution in [0.5, 0.6) is 0 Å². The van der Waals surface area contributed by atoms with E-state index in [-0.39, 0.29) is 0 Å². The van der Waals surface area contributed by atoms with Gasteiger partial charge in [-0.2, -0.15) is 0 Å². The minimum atomic E-state index is 0.930. The molecule has 4 nitrogen and oxygen atoms in total. The number of halogens is 1. The summed E-state index contributed by atoms with van der Waals surface area (Å²) in [5.74, 6) is 0.981. The van der Waals surface area contributed by atoms with Crippen LogP contribution < -0.4 is 9.80 Å². The Morgan fingerprint density at radius 1 is 0.621 bits per heavy atom. The maximum Gasteiger partial charge on any atom is 0.159 e. The lowest BCUT2D eigenvalue weighted by Crippen LogP contribution is -2.47. The molecule has 1 saturated heterocycles. The molecule has 1 aromatic heterocycles. The highest BCUT2D eigenvalue weighted by atomic mass is 79.9. The van der Waals surface area contributed by atoms with Crippen molar-refractivity contribution in [1.29, 1.82) is 0 Å². The Hall–Kier alpha value is -2.92. The van der Waals surface area contributed by atoms with Crippen LogP contribution in [0.2, 0.25) is 0 Å². The molecule has 144 valence electrons. The molecule has 29 heavy (non-hydrogen) atoms. The van der Waals surface area contributed by atoms with E-state index in [0.29, 0.717) is 0 Å². The topological polar surface area (TPSA) is 32.3 Å². The van der Waals surface area contributed by atoms with Crippen molar-refractivity contribution in [1.82, 2.24) is 10.2 Å². The molecule has 0 saturated carbocycles. The van der Waals surface area contributed by atoms with Crippen molar-refractivity contribution in [3.05, 3.63) is 83.3 Å². The molecule has 0 bridgehead atoms.